The standard InChI is InChI=1S/C14H11BrClFN2O/c15-11-3-2-10(17)5-9(11)7-19-14(20)8-1-4-13(18)12(16)6-8/h1-6H,7,18H2,(H,19,20). The zero-order valence-electron chi connectivity index (χ0n) is 10.3. The Balaban J connectivity index is 2.08. The molecule has 0 aromatic heterocycles. The number of nitrogen functional groups attached to an aromatic ring is 1. The number of carbonyl (C=O) groups is 1. The lowest BCUT2D eigenvalue weighted by molar-refractivity contribution is 0.0951. The summed E-state index contributed by atoms with van der Waals surface area (Å²) in [7, 11) is 0. The van der Waals surface area contributed by atoms with Crippen LogP contribution < -0.4 is 11.1 Å². The van der Waals surface area contributed by atoms with Crippen LogP contribution in [0, 0.1) is 5.82 Å². The summed E-state index contributed by atoms with van der Waals surface area (Å²) in [6, 6.07) is 8.94. The summed E-state index contributed by atoms with van der Waals surface area (Å²) in [5.41, 5.74) is 7.04. The second kappa shape index (κ2) is 6.24. The normalized spacial score (nSPS) is 10.3. The van der Waals surface area contributed by atoms with E-state index in [4.69, 9.17) is 17.3 Å². The molecule has 0 saturated carbocycles. The molecular weight excluding hydrogens is 347 g/mol. The second-order valence-electron chi connectivity index (χ2n) is 4.15. The zero-order chi connectivity index (χ0) is 14.7. The third-order valence-electron chi connectivity index (χ3n) is 2.71. The lowest BCUT2D eigenvalue weighted by Crippen LogP contribution is -2.23. The van der Waals surface area contributed by atoms with Crippen LogP contribution in [0.4, 0.5) is 10.1 Å². The molecule has 0 aliphatic heterocycles. The summed E-state index contributed by atoms with van der Waals surface area (Å²) in [5, 5.41) is 3.02. The Morgan fingerprint density at radius 2 is 2.05 bits per heavy atom. The molecule has 104 valence electrons. The smallest absolute Gasteiger partial charge is 0.251 e. The molecule has 0 aliphatic rings. The lowest BCUT2D eigenvalue weighted by atomic mass is 10.1. The van der Waals surface area contributed by atoms with E-state index in [1.165, 1.54) is 18.2 Å². The summed E-state index contributed by atoms with van der Waals surface area (Å²) >= 11 is 9.16. The SMILES string of the molecule is Nc1ccc(C(=O)NCc2cc(F)ccc2Br)cc1Cl. The number of amides is 1. The minimum absolute atomic E-state index is 0.208. The van der Waals surface area contributed by atoms with Gasteiger partial charge in [-0.3, -0.25) is 4.79 Å². The second-order valence-corrected chi connectivity index (χ2v) is 5.42. The number of carbonyl (C=O) groups excluding carboxylic acids is 1. The third-order valence-corrected chi connectivity index (χ3v) is 3.81. The van der Waals surface area contributed by atoms with Crippen LogP contribution in [0.25, 0.3) is 0 Å². The number of hydrogen-bond donors (Lipinski definition) is 2. The molecule has 6 heteroatoms. The molecule has 2 rings (SSSR count). The molecule has 0 unspecified atom stereocenters. The van der Waals surface area contributed by atoms with E-state index in [1.54, 1.807) is 18.2 Å². The Bertz CT molecular complexity index is 664. The van der Waals surface area contributed by atoms with Crippen LogP contribution in [0.5, 0.6) is 0 Å². The third kappa shape index (κ3) is 3.49. The maximum Gasteiger partial charge on any atom is 0.251 e. The maximum absolute atomic E-state index is 13.1. The fraction of sp³-hybridized carbons (Fsp3) is 0.0714. The minimum Gasteiger partial charge on any atom is -0.398 e. The van der Waals surface area contributed by atoms with Gasteiger partial charge >= 0.3 is 0 Å². The molecule has 0 atom stereocenters. The number of benzene rings is 2. The van der Waals surface area contributed by atoms with Crippen LogP contribution in [0.15, 0.2) is 40.9 Å². The molecule has 0 fully saturated rings. The summed E-state index contributed by atoms with van der Waals surface area (Å²) in [4.78, 5) is 12.0. The number of anilines is 1. The molecule has 1 amide bonds. The number of nitrogens with two attached hydrogens (primary N) is 1. The summed E-state index contributed by atoms with van der Waals surface area (Å²) in [5.74, 6) is -0.656. The van der Waals surface area contributed by atoms with Crippen LogP contribution >= 0.6 is 27.5 Å². The number of halogens is 3. The first-order valence-electron chi connectivity index (χ1n) is 5.74. The summed E-state index contributed by atoms with van der Waals surface area (Å²) in [6.07, 6.45) is 0. The van der Waals surface area contributed by atoms with Gasteiger partial charge in [0.2, 0.25) is 0 Å². The van der Waals surface area contributed by atoms with Crippen LogP contribution in [0.3, 0.4) is 0 Å². The molecule has 2 aromatic carbocycles. The van der Waals surface area contributed by atoms with Gasteiger partial charge in [-0.1, -0.05) is 27.5 Å². The van der Waals surface area contributed by atoms with Crippen molar-refractivity contribution in [3.05, 3.63) is 62.8 Å². The van der Waals surface area contributed by atoms with Crippen LogP contribution in [-0.4, -0.2) is 5.91 Å². The fourth-order valence-electron chi connectivity index (χ4n) is 1.62. The van der Waals surface area contributed by atoms with Crippen molar-refractivity contribution in [2.75, 3.05) is 5.73 Å². The van der Waals surface area contributed by atoms with Crippen molar-refractivity contribution < 1.29 is 9.18 Å². The minimum atomic E-state index is -0.354. The van der Waals surface area contributed by atoms with E-state index in [1.807, 2.05) is 0 Å². The average Bonchev–Trinajstić information content (AvgIpc) is 2.42. The first-order chi connectivity index (χ1) is 9.47. The predicted molar refractivity (Wildman–Crippen MR) is 81.1 cm³/mol. The molecule has 3 nitrogen and oxygen atoms in total. The summed E-state index contributed by atoms with van der Waals surface area (Å²) in [6.45, 7) is 0.208. The zero-order valence-corrected chi connectivity index (χ0v) is 12.6. The Morgan fingerprint density at radius 1 is 1.30 bits per heavy atom. The lowest BCUT2D eigenvalue weighted by Gasteiger charge is -2.08. The quantitative estimate of drug-likeness (QED) is 0.822. The van der Waals surface area contributed by atoms with Crippen molar-refractivity contribution in [1.82, 2.24) is 5.32 Å². The Labute approximate surface area is 129 Å². The Hall–Kier alpha value is -1.59. The van der Waals surface area contributed by atoms with Gasteiger partial charge in [-0.25, -0.2) is 4.39 Å². The Morgan fingerprint density at radius 3 is 2.75 bits per heavy atom. The number of rotatable bonds is 3. The fourth-order valence-corrected chi connectivity index (χ4v) is 2.19. The van der Waals surface area contributed by atoms with Crippen molar-refractivity contribution in [1.29, 1.82) is 0 Å². The van der Waals surface area contributed by atoms with Gasteiger partial charge < -0.3 is 11.1 Å². The predicted octanol–water partition coefficient (Wildman–Crippen LogP) is 3.75. The largest absolute Gasteiger partial charge is 0.398 e. The van der Waals surface area contributed by atoms with Crippen molar-refractivity contribution in [2.24, 2.45) is 0 Å². The summed E-state index contributed by atoms with van der Waals surface area (Å²) < 4.78 is 13.9. The molecule has 0 spiro atoms. The van der Waals surface area contributed by atoms with Crippen molar-refractivity contribution in [3.63, 3.8) is 0 Å². The van der Waals surface area contributed by atoms with E-state index in [9.17, 15) is 9.18 Å². The molecular formula is C14H11BrClFN2O. The van der Waals surface area contributed by atoms with Crippen LogP contribution in [0.1, 0.15) is 15.9 Å². The molecule has 3 N–H and O–H groups in total. The van der Waals surface area contributed by atoms with Gasteiger partial charge in [0, 0.05) is 16.6 Å². The van der Waals surface area contributed by atoms with E-state index in [0.717, 1.165) is 4.47 Å². The van der Waals surface area contributed by atoms with Gasteiger partial charge in [0.1, 0.15) is 5.82 Å². The van der Waals surface area contributed by atoms with E-state index < -0.39 is 0 Å². The molecule has 0 radical (unpaired) electrons. The van der Waals surface area contributed by atoms with Crippen molar-refractivity contribution >= 4 is 39.1 Å². The molecule has 0 heterocycles. The Kier molecular flexibility index (Phi) is 4.62. The van der Waals surface area contributed by atoms with E-state index in [2.05, 4.69) is 21.2 Å². The molecule has 0 aliphatic carbocycles. The van der Waals surface area contributed by atoms with Gasteiger partial charge in [0.05, 0.1) is 10.7 Å². The van der Waals surface area contributed by atoms with Crippen LogP contribution in [0.2, 0.25) is 5.02 Å². The van der Waals surface area contributed by atoms with Gasteiger partial charge in [-0.05, 0) is 42.0 Å². The van der Waals surface area contributed by atoms with E-state index >= 15 is 0 Å². The van der Waals surface area contributed by atoms with E-state index in [0.29, 0.717) is 21.8 Å². The number of hydrogen-bond acceptors (Lipinski definition) is 2. The average molecular weight is 358 g/mol. The van der Waals surface area contributed by atoms with Crippen molar-refractivity contribution in [2.45, 2.75) is 6.54 Å². The highest BCUT2D eigenvalue weighted by Crippen LogP contribution is 2.20. The van der Waals surface area contributed by atoms with Crippen molar-refractivity contribution in [3.8, 4) is 0 Å². The molecule has 0 saturated heterocycles. The monoisotopic (exact) mass is 356 g/mol. The molecule has 2 aromatic rings. The molecule has 20 heavy (non-hydrogen) atoms. The topological polar surface area (TPSA) is 55.1 Å². The van der Waals surface area contributed by atoms with Gasteiger partial charge in [-0.15, -0.1) is 0 Å². The highest BCUT2D eigenvalue weighted by Gasteiger charge is 2.09. The highest BCUT2D eigenvalue weighted by molar-refractivity contribution is 9.10. The van der Waals surface area contributed by atoms with Gasteiger partial charge in [0.15, 0.2) is 0 Å². The molecule has 0 bridgehead atoms. The van der Waals surface area contributed by atoms with Crippen LogP contribution in [-0.2, 0) is 6.54 Å². The van der Waals surface area contributed by atoms with Gasteiger partial charge in [-0.2, -0.15) is 0 Å². The van der Waals surface area contributed by atoms with Gasteiger partial charge in [0.25, 0.3) is 5.91 Å². The maximum atomic E-state index is 13.1. The highest BCUT2D eigenvalue weighted by atomic mass is 79.9. The number of nitrogens with one attached hydrogen (secondary N) is 1. The van der Waals surface area contributed by atoms with E-state index in [-0.39, 0.29) is 18.3 Å². The first kappa shape index (κ1) is 14.8. The first-order valence-corrected chi connectivity index (χ1v) is 6.91.